The highest BCUT2D eigenvalue weighted by Crippen LogP contribution is 2.22. The zero-order valence-corrected chi connectivity index (χ0v) is 11.2. The Labute approximate surface area is 111 Å². The summed E-state index contributed by atoms with van der Waals surface area (Å²) in [5.41, 5.74) is 6.29. The van der Waals surface area contributed by atoms with Crippen LogP contribution in [0, 0.1) is 0 Å². The molecule has 0 spiro atoms. The lowest BCUT2D eigenvalue weighted by molar-refractivity contribution is -0.124. The van der Waals surface area contributed by atoms with Gasteiger partial charge in [-0.15, -0.1) is 0 Å². The first-order valence-electron chi connectivity index (χ1n) is 5.84. The Morgan fingerprint density at radius 3 is 2.63 bits per heavy atom. The first-order valence-corrected chi connectivity index (χ1v) is 5.84. The predicted molar refractivity (Wildman–Crippen MR) is 71.0 cm³/mol. The molecule has 0 heterocycles. The number of hydrogen-bond acceptors (Lipinski definition) is 5. The van der Waals surface area contributed by atoms with E-state index < -0.39 is 5.97 Å². The number of benzene rings is 1. The summed E-state index contributed by atoms with van der Waals surface area (Å²) in [6.07, 6.45) is 0. The summed E-state index contributed by atoms with van der Waals surface area (Å²) >= 11 is 0. The first-order chi connectivity index (χ1) is 8.93. The zero-order valence-electron chi connectivity index (χ0n) is 11.2. The molecule has 1 rings (SSSR count). The van der Waals surface area contributed by atoms with E-state index in [-0.39, 0.29) is 24.1 Å². The van der Waals surface area contributed by atoms with Crippen molar-refractivity contribution >= 4 is 17.6 Å². The number of ether oxygens (including phenoxy) is 2. The number of nitrogens with two attached hydrogens (primary N) is 1. The fourth-order valence-electron chi connectivity index (χ4n) is 1.45. The van der Waals surface area contributed by atoms with E-state index >= 15 is 0 Å². The van der Waals surface area contributed by atoms with E-state index in [4.69, 9.17) is 15.2 Å². The summed E-state index contributed by atoms with van der Waals surface area (Å²) in [6.45, 7) is 3.32. The van der Waals surface area contributed by atoms with Crippen molar-refractivity contribution < 1.29 is 19.1 Å². The molecule has 0 saturated heterocycles. The van der Waals surface area contributed by atoms with Crippen LogP contribution in [0.5, 0.6) is 5.75 Å². The number of hydrogen-bond donors (Lipinski definition) is 2. The van der Waals surface area contributed by atoms with Gasteiger partial charge in [0.05, 0.1) is 7.11 Å². The van der Waals surface area contributed by atoms with Gasteiger partial charge in [0, 0.05) is 17.8 Å². The van der Waals surface area contributed by atoms with E-state index in [1.807, 2.05) is 13.8 Å². The van der Waals surface area contributed by atoms with Gasteiger partial charge in [0.2, 0.25) is 0 Å². The highest BCUT2D eigenvalue weighted by atomic mass is 16.5. The number of methoxy groups -OCH3 is 1. The molecule has 6 heteroatoms. The van der Waals surface area contributed by atoms with Crippen LogP contribution in [-0.2, 0) is 9.53 Å². The quantitative estimate of drug-likeness (QED) is 0.612. The number of carbonyl (C=O) groups is 2. The van der Waals surface area contributed by atoms with Crippen molar-refractivity contribution in [2.24, 2.45) is 0 Å². The molecule has 1 aromatic rings. The monoisotopic (exact) mass is 266 g/mol. The molecule has 104 valence electrons. The van der Waals surface area contributed by atoms with Crippen LogP contribution in [0.4, 0.5) is 5.69 Å². The summed E-state index contributed by atoms with van der Waals surface area (Å²) in [5, 5.41) is 2.62. The Bertz CT molecular complexity index is 472. The van der Waals surface area contributed by atoms with Crippen molar-refractivity contribution in [3.05, 3.63) is 23.8 Å². The second-order valence-corrected chi connectivity index (χ2v) is 4.26. The molecule has 0 aromatic heterocycles. The van der Waals surface area contributed by atoms with Crippen molar-refractivity contribution in [3.8, 4) is 5.75 Å². The van der Waals surface area contributed by atoms with Gasteiger partial charge in [-0.3, -0.25) is 4.79 Å². The number of esters is 1. The molecule has 0 unspecified atom stereocenters. The molecule has 0 saturated carbocycles. The molecule has 1 amide bonds. The standard InChI is InChI=1S/C13H18N2O4/c1-8(2)15-12(16)7-19-13(17)10-5-4-9(14)6-11(10)18-3/h4-6,8H,7,14H2,1-3H3,(H,15,16). The van der Waals surface area contributed by atoms with E-state index in [1.165, 1.54) is 19.2 Å². The third-order valence-corrected chi connectivity index (χ3v) is 2.23. The minimum absolute atomic E-state index is 0.00254. The van der Waals surface area contributed by atoms with E-state index in [0.717, 1.165) is 0 Å². The van der Waals surface area contributed by atoms with Gasteiger partial charge < -0.3 is 20.5 Å². The van der Waals surface area contributed by atoms with Gasteiger partial charge in [-0.25, -0.2) is 4.79 Å². The maximum Gasteiger partial charge on any atom is 0.342 e. The summed E-state index contributed by atoms with van der Waals surface area (Å²) < 4.78 is 9.94. The molecule has 3 N–H and O–H groups in total. The van der Waals surface area contributed by atoms with Crippen LogP contribution in [0.25, 0.3) is 0 Å². The molecular weight excluding hydrogens is 248 g/mol. The van der Waals surface area contributed by atoms with Gasteiger partial charge >= 0.3 is 5.97 Å². The van der Waals surface area contributed by atoms with Gasteiger partial charge in [0.15, 0.2) is 6.61 Å². The van der Waals surface area contributed by atoms with Crippen molar-refractivity contribution in [1.29, 1.82) is 0 Å². The molecule has 0 bridgehead atoms. The molecule has 0 atom stereocenters. The van der Waals surface area contributed by atoms with Crippen LogP contribution in [-0.4, -0.2) is 31.6 Å². The number of carbonyl (C=O) groups excluding carboxylic acids is 2. The zero-order chi connectivity index (χ0) is 14.4. The van der Waals surface area contributed by atoms with Crippen molar-refractivity contribution in [3.63, 3.8) is 0 Å². The van der Waals surface area contributed by atoms with Crippen molar-refractivity contribution in [2.45, 2.75) is 19.9 Å². The van der Waals surface area contributed by atoms with Crippen LogP contribution in [0.3, 0.4) is 0 Å². The number of amides is 1. The van der Waals surface area contributed by atoms with Crippen molar-refractivity contribution in [1.82, 2.24) is 5.32 Å². The molecule has 0 aliphatic heterocycles. The third-order valence-electron chi connectivity index (χ3n) is 2.23. The second-order valence-electron chi connectivity index (χ2n) is 4.26. The van der Waals surface area contributed by atoms with Crippen LogP contribution < -0.4 is 15.8 Å². The lowest BCUT2D eigenvalue weighted by atomic mass is 10.2. The van der Waals surface area contributed by atoms with E-state index in [1.54, 1.807) is 6.07 Å². The fourth-order valence-corrected chi connectivity index (χ4v) is 1.45. The Morgan fingerprint density at radius 2 is 2.05 bits per heavy atom. The SMILES string of the molecule is COc1cc(N)ccc1C(=O)OCC(=O)NC(C)C. The average molecular weight is 266 g/mol. The summed E-state index contributed by atoms with van der Waals surface area (Å²) in [7, 11) is 1.43. The number of nitrogen functional groups attached to an aromatic ring is 1. The van der Waals surface area contributed by atoms with Crippen LogP contribution in [0.1, 0.15) is 24.2 Å². The maximum atomic E-state index is 11.8. The minimum atomic E-state index is -0.629. The summed E-state index contributed by atoms with van der Waals surface area (Å²) in [5.74, 6) is -0.664. The molecule has 0 aliphatic carbocycles. The van der Waals surface area contributed by atoms with E-state index in [9.17, 15) is 9.59 Å². The highest BCUT2D eigenvalue weighted by molar-refractivity contribution is 5.94. The van der Waals surface area contributed by atoms with Gasteiger partial charge in [-0.1, -0.05) is 0 Å². The first kappa shape index (κ1) is 14.8. The predicted octanol–water partition coefficient (Wildman–Crippen LogP) is 0.959. The molecule has 0 radical (unpaired) electrons. The van der Waals surface area contributed by atoms with Gasteiger partial charge in [0.1, 0.15) is 11.3 Å². The number of rotatable bonds is 5. The van der Waals surface area contributed by atoms with Crippen LogP contribution >= 0.6 is 0 Å². The largest absolute Gasteiger partial charge is 0.496 e. The average Bonchev–Trinajstić information content (AvgIpc) is 2.34. The van der Waals surface area contributed by atoms with Crippen LogP contribution in [0.2, 0.25) is 0 Å². The van der Waals surface area contributed by atoms with Gasteiger partial charge in [-0.2, -0.15) is 0 Å². The van der Waals surface area contributed by atoms with Crippen molar-refractivity contribution in [2.75, 3.05) is 19.5 Å². The smallest absolute Gasteiger partial charge is 0.342 e. The minimum Gasteiger partial charge on any atom is -0.496 e. The normalized spacial score (nSPS) is 10.1. The lowest BCUT2D eigenvalue weighted by Gasteiger charge is -2.11. The Morgan fingerprint density at radius 1 is 1.37 bits per heavy atom. The fraction of sp³-hybridized carbons (Fsp3) is 0.385. The third kappa shape index (κ3) is 4.50. The maximum absolute atomic E-state index is 11.8. The molecule has 6 nitrogen and oxygen atoms in total. The molecule has 0 fully saturated rings. The Balaban J connectivity index is 2.66. The second kappa shape index (κ2) is 6.63. The van der Waals surface area contributed by atoms with Gasteiger partial charge in [-0.05, 0) is 26.0 Å². The van der Waals surface area contributed by atoms with Crippen LogP contribution in [0.15, 0.2) is 18.2 Å². The van der Waals surface area contributed by atoms with E-state index in [2.05, 4.69) is 5.32 Å². The molecular formula is C13H18N2O4. The highest BCUT2D eigenvalue weighted by Gasteiger charge is 2.15. The Kier molecular flexibility index (Phi) is 5.17. The molecule has 0 aliphatic rings. The van der Waals surface area contributed by atoms with Gasteiger partial charge in [0.25, 0.3) is 5.91 Å². The summed E-state index contributed by atoms with van der Waals surface area (Å²) in [6, 6.07) is 4.58. The molecule has 19 heavy (non-hydrogen) atoms. The van der Waals surface area contributed by atoms with E-state index in [0.29, 0.717) is 11.4 Å². The lowest BCUT2D eigenvalue weighted by Crippen LogP contribution is -2.34. The summed E-state index contributed by atoms with van der Waals surface area (Å²) in [4.78, 5) is 23.2. The topological polar surface area (TPSA) is 90.7 Å². The Hall–Kier alpha value is -2.24. The number of anilines is 1. The number of nitrogens with one attached hydrogen (secondary N) is 1. The molecule has 1 aromatic carbocycles.